The lowest BCUT2D eigenvalue weighted by atomic mass is 10.2. The minimum absolute atomic E-state index is 0.0906. The van der Waals surface area contributed by atoms with Crippen molar-refractivity contribution in [2.75, 3.05) is 4.72 Å². The first-order valence-electron chi connectivity index (χ1n) is 6.42. The van der Waals surface area contributed by atoms with Crippen molar-refractivity contribution in [3.63, 3.8) is 0 Å². The van der Waals surface area contributed by atoms with E-state index in [-0.39, 0.29) is 10.7 Å². The molecule has 110 valence electrons. The summed E-state index contributed by atoms with van der Waals surface area (Å²) in [5.74, 6) is 0.276. The second-order valence-electron chi connectivity index (χ2n) is 5.01. The third-order valence-corrected chi connectivity index (χ3v) is 4.87. The Morgan fingerprint density at radius 3 is 2.62 bits per heavy atom. The third kappa shape index (κ3) is 2.40. The normalized spacial score (nSPS) is 12.0. The number of H-pyrrole nitrogens is 1. The summed E-state index contributed by atoms with van der Waals surface area (Å²) in [6, 6.07) is 7.30. The molecule has 0 saturated carbocycles. The Morgan fingerprint density at radius 1 is 1.19 bits per heavy atom. The molecule has 0 fully saturated rings. The van der Waals surface area contributed by atoms with Crippen molar-refractivity contribution in [2.45, 2.75) is 25.7 Å². The minimum atomic E-state index is -3.71. The Hall–Kier alpha value is -2.28. The highest BCUT2D eigenvalue weighted by Gasteiger charge is 2.24. The summed E-state index contributed by atoms with van der Waals surface area (Å²) in [5.41, 5.74) is 2.84. The van der Waals surface area contributed by atoms with Crippen LogP contribution in [0.4, 0.5) is 5.69 Å². The molecular formula is C14H15N3O3S. The molecule has 7 heteroatoms. The standard InChI is InChI=1S/C14H15N3O3S/c1-8-6-11-7-12(4-5-13(11)15-8)17-21(18,19)14-9(2)16-20-10(14)3/h4-7,15,17H,1-3H3. The molecule has 2 heterocycles. The SMILES string of the molecule is Cc1cc2cc(NS(=O)(=O)c3c(C)noc3C)ccc2[nH]1. The van der Waals surface area contributed by atoms with Crippen molar-refractivity contribution >= 4 is 26.6 Å². The van der Waals surface area contributed by atoms with Crippen molar-refractivity contribution < 1.29 is 12.9 Å². The van der Waals surface area contributed by atoms with Gasteiger partial charge in [0.05, 0.1) is 0 Å². The van der Waals surface area contributed by atoms with Crippen molar-refractivity contribution in [3.8, 4) is 0 Å². The second kappa shape index (κ2) is 4.63. The molecule has 6 nitrogen and oxygen atoms in total. The van der Waals surface area contributed by atoms with E-state index in [2.05, 4.69) is 14.9 Å². The van der Waals surface area contributed by atoms with Gasteiger partial charge in [-0.3, -0.25) is 4.72 Å². The zero-order valence-electron chi connectivity index (χ0n) is 11.9. The lowest BCUT2D eigenvalue weighted by Gasteiger charge is -2.07. The number of aromatic amines is 1. The van der Waals surface area contributed by atoms with Crippen LogP contribution in [0.1, 0.15) is 17.1 Å². The lowest BCUT2D eigenvalue weighted by molar-refractivity contribution is 0.390. The Balaban J connectivity index is 2.01. The lowest BCUT2D eigenvalue weighted by Crippen LogP contribution is -2.14. The Kier molecular flexibility index (Phi) is 3.02. The third-order valence-electron chi connectivity index (χ3n) is 3.24. The number of hydrogen-bond donors (Lipinski definition) is 2. The first-order valence-corrected chi connectivity index (χ1v) is 7.90. The Labute approximate surface area is 122 Å². The molecule has 0 aliphatic heterocycles. The van der Waals surface area contributed by atoms with Crippen LogP contribution in [0.15, 0.2) is 33.7 Å². The Bertz CT molecular complexity index is 903. The van der Waals surface area contributed by atoms with Crippen molar-refractivity contribution in [1.29, 1.82) is 0 Å². The van der Waals surface area contributed by atoms with Gasteiger partial charge in [-0.25, -0.2) is 8.42 Å². The highest BCUT2D eigenvalue weighted by atomic mass is 32.2. The number of rotatable bonds is 3. The van der Waals surface area contributed by atoms with Gasteiger partial charge in [-0.1, -0.05) is 5.16 Å². The zero-order valence-corrected chi connectivity index (χ0v) is 12.7. The summed E-state index contributed by atoms with van der Waals surface area (Å²) in [4.78, 5) is 3.28. The smallest absolute Gasteiger partial charge is 0.267 e. The monoisotopic (exact) mass is 305 g/mol. The maximum atomic E-state index is 12.4. The zero-order chi connectivity index (χ0) is 15.2. The molecule has 0 aliphatic carbocycles. The van der Waals surface area contributed by atoms with E-state index < -0.39 is 10.0 Å². The fourth-order valence-electron chi connectivity index (χ4n) is 2.41. The van der Waals surface area contributed by atoms with Gasteiger partial charge in [0.1, 0.15) is 5.69 Å². The largest absolute Gasteiger partial charge is 0.360 e. The van der Waals surface area contributed by atoms with Crippen LogP contribution in [0.5, 0.6) is 0 Å². The summed E-state index contributed by atoms with van der Waals surface area (Å²) in [6.07, 6.45) is 0. The number of fused-ring (bicyclic) bond motifs is 1. The molecule has 0 unspecified atom stereocenters. The molecular weight excluding hydrogens is 290 g/mol. The van der Waals surface area contributed by atoms with Gasteiger partial charge in [0.15, 0.2) is 10.7 Å². The molecule has 2 aromatic heterocycles. The molecule has 0 radical (unpaired) electrons. The van der Waals surface area contributed by atoms with Crippen LogP contribution in [0, 0.1) is 20.8 Å². The van der Waals surface area contributed by atoms with Crippen LogP contribution in [-0.4, -0.2) is 18.6 Å². The number of aromatic nitrogens is 2. The van der Waals surface area contributed by atoms with E-state index in [9.17, 15) is 8.42 Å². The molecule has 1 aromatic carbocycles. The topological polar surface area (TPSA) is 88.0 Å². The summed E-state index contributed by atoms with van der Waals surface area (Å²) in [7, 11) is -3.71. The van der Waals surface area contributed by atoms with Crippen molar-refractivity contribution in [3.05, 3.63) is 41.4 Å². The Morgan fingerprint density at radius 2 is 1.95 bits per heavy atom. The maximum Gasteiger partial charge on any atom is 0.267 e. The molecule has 3 aromatic rings. The van der Waals surface area contributed by atoms with E-state index in [1.807, 2.05) is 19.1 Å². The summed E-state index contributed by atoms with van der Waals surface area (Å²) < 4.78 is 32.3. The van der Waals surface area contributed by atoms with Gasteiger partial charge in [0, 0.05) is 22.3 Å². The molecule has 0 bridgehead atoms. The molecule has 0 aliphatic rings. The van der Waals surface area contributed by atoms with Crippen molar-refractivity contribution in [1.82, 2.24) is 10.1 Å². The van der Waals surface area contributed by atoms with Crippen LogP contribution in [0.25, 0.3) is 10.9 Å². The predicted molar refractivity (Wildman–Crippen MR) is 79.8 cm³/mol. The van der Waals surface area contributed by atoms with Gasteiger partial charge in [0.25, 0.3) is 10.0 Å². The summed E-state index contributed by atoms with van der Waals surface area (Å²) in [5, 5.41) is 4.63. The van der Waals surface area contributed by atoms with Gasteiger partial charge >= 0.3 is 0 Å². The van der Waals surface area contributed by atoms with Crippen LogP contribution < -0.4 is 4.72 Å². The molecule has 0 atom stereocenters. The van der Waals surface area contributed by atoms with Crippen LogP contribution in [0.2, 0.25) is 0 Å². The van der Waals surface area contributed by atoms with E-state index >= 15 is 0 Å². The first-order chi connectivity index (χ1) is 9.87. The number of hydrogen-bond acceptors (Lipinski definition) is 4. The van der Waals surface area contributed by atoms with Gasteiger partial charge < -0.3 is 9.51 Å². The molecule has 21 heavy (non-hydrogen) atoms. The van der Waals surface area contributed by atoms with Crippen LogP contribution in [-0.2, 0) is 10.0 Å². The van der Waals surface area contributed by atoms with E-state index in [4.69, 9.17) is 4.52 Å². The average Bonchev–Trinajstić information content (AvgIpc) is 2.90. The molecule has 2 N–H and O–H groups in total. The number of sulfonamides is 1. The van der Waals surface area contributed by atoms with Gasteiger partial charge in [-0.05, 0) is 45.0 Å². The van der Waals surface area contributed by atoms with Crippen LogP contribution >= 0.6 is 0 Å². The average molecular weight is 305 g/mol. The highest BCUT2D eigenvalue weighted by Crippen LogP contribution is 2.25. The number of benzene rings is 1. The van der Waals surface area contributed by atoms with E-state index in [1.165, 1.54) is 0 Å². The van der Waals surface area contributed by atoms with Gasteiger partial charge in [0.2, 0.25) is 0 Å². The van der Waals surface area contributed by atoms with Crippen molar-refractivity contribution in [2.24, 2.45) is 0 Å². The quantitative estimate of drug-likeness (QED) is 0.778. The number of nitrogens with zero attached hydrogens (tertiary/aromatic N) is 1. The fraction of sp³-hybridized carbons (Fsp3) is 0.214. The van der Waals surface area contributed by atoms with E-state index in [0.29, 0.717) is 11.4 Å². The molecule has 0 spiro atoms. The van der Waals surface area contributed by atoms with Crippen LogP contribution in [0.3, 0.4) is 0 Å². The number of nitrogens with one attached hydrogen (secondary N) is 2. The van der Waals surface area contributed by atoms with E-state index in [1.54, 1.807) is 26.0 Å². The second-order valence-corrected chi connectivity index (χ2v) is 6.63. The number of aryl methyl sites for hydroxylation is 3. The summed E-state index contributed by atoms with van der Waals surface area (Å²) in [6.45, 7) is 5.13. The predicted octanol–water partition coefficient (Wildman–Crippen LogP) is 2.88. The first kappa shape index (κ1) is 13.7. The molecule has 0 amide bonds. The summed E-state index contributed by atoms with van der Waals surface area (Å²) >= 11 is 0. The fourth-order valence-corrected chi connectivity index (χ4v) is 3.79. The van der Waals surface area contributed by atoms with E-state index in [0.717, 1.165) is 16.6 Å². The number of anilines is 1. The van der Waals surface area contributed by atoms with Gasteiger partial charge in [-0.15, -0.1) is 0 Å². The van der Waals surface area contributed by atoms with Gasteiger partial charge in [-0.2, -0.15) is 0 Å². The maximum absolute atomic E-state index is 12.4. The highest BCUT2D eigenvalue weighted by molar-refractivity contribution is 7.92. The molecule has 0 saturated heterocycles. The minimum Gasteiger partial charge on any atom is -0.360 e. The molecule has 3 rings (SSSR count).